The highest BCUT2D eigenvalue weighted by molar-refractivity contribution is 7.99. The van der Waals surface area contributed by atoms with Gasteiger partial charge in [-0.25, -0.2) is 0 Å². The Morgan fingerprint density at radius 2 is 1.62 bits per heavy atom. The van der Waals surface area contributed by atoms with Gasteiger partial charge in [0.1, 0.15) is 5.75 Å². The van der Waals surface area contributed by atoms with Crippen LogP contribution in [-0.2, 0) is 0 Å². The van der Waals surface area contributed by atoms with Crippen molar-refractivity contribution in [2.75, 3.05) is 12.0 Å². The van der Waals surface area contributed by atoms with E-state index in [0.717, 1.165) is 21.2 Å². The van der Waals surface area contributed by atoms with E-state index in [4.69, 9.17) is 27.9 Å². The third-order valence-electron chi connectivity index (χ3n) is 4.08. The smallest absolute Gasteiger partial charge is 0.266 e. The van der Waals surface area contributed by atoms with Gasteiger partial charge in [0, 0.05) is 19.8 Å². The van der Waals surface area contributed by atoms with Gasteiger partial charge in [0.05, 0.1) is 24.0 Å². The lowest BCUT2D eigenvalue weighted by molar-refractivity contribution is 0.0995. The molecule has 1 aliphatic heterocycles. The van der Waals surface area contributed by atoms with Crippen LogP contribution < -0.4 is 9.64 Å². The molecule has 0 aliphatic carbocycles. The van der Waals surface area contributed by atoms with Gasteiger partial charge in [-0.1, -0.05) is 47.1 Å². The van der Waals surface area contributed by atoms with E-state index in [1.165, 1.54) is 7.11 Å². The van der Waals surface area contributed by atoms with Crippen molar-refractivity contribution in [1.82, 2.24) is 0 Å². The minimum absolute atomic E-state index is 0.222. The summed E-state index contributed by atoms with van der Waals surface area (Å²) < 4.78 is 5.37. The van der Waals surface area contributed by atoms with E-state index >= 15 is 0 Å². The van der Waals surface area contributed by atoms with Gasteiger partial charge in [-0.3, -0.25) is 9.69 Å². The Hall–Kier alpha value is -2.14. The Labute approximate surface area is 165 Å². The molecule has 1 aliphatic rings. The van der Waals surface area contributed by atoms with Gasteiger partial charge >= 0.3 is 0 Å². The van der Waals surface area contributed by atoms with Gasteiger partial charge in [-0.2, -0.15) is 0 Å². The monoisotopic (exact) mass is 401 g/mol. The number of hydrogen-bond donors (Lipinski definition) is 0. The molecule has 3 aromatic rings. The first-order valence-corrected chi connectivity index (χ1v) is 9.40. The molecule has 0 saturated carbocycles. The molecule has 6 heteroatoms. The molecule has 3 nitrogen and oxygen atoms in total. The summed E-state index contributed by atoms with van der Waals surface area (Å²) in [6.45, 7) is 0. The highest BCUT2D eigenvalue weighted by Crippen LogP contribution is 2.49. The number of ether oxygens (including phenoxy) is 1. The molecule has 3 aromatic carbocycles. The van der Waals surface area contributed by atoms with Crippen LogP contribution in [0.1, 0.15) is 10.4 Å². The van der Waals surface area contributed by atoms with Crippen molar-refractivity contribution < 1.29 is 9.53 Å². The Kier molecular flexibility index (Phi) is 4.57. The number of hydrogen-bond acceptors (Lipinski definition) is 3. The first-order valence-electron chi connectivity index (χ1n) is 7.83. The Balaban J connectivity index is 1.92. The van der Waals surface area contributed by atoms with Crippen molar-refractivity contribution in [2.45, 2.75) is 9.79 Å². The van der Waals surface area contributed by atoms with Gasteiger partial charge in [0.25, 0.3) is 5.91 Å². The van der Waals surface area contributed by atoms with Crippen LogP contribution >= 0.6 is 35.0 Å². The van der Waals surface area contributed by atoms with Crippen LogP contribution in [0.25, 0.3) is 0 Å². The molecule has 4 rings (SSSR count). The van der Waals surface area contributed by atoms with Crippen molar-refractivity contribution in [3.63, 3.8) is 0 Å². The lowest BCUT2D eigenvalue weighted by Crippen LogP contribution is -2.28. The SMILES string of the molecule is COc1ccc(Cl)cc1C(=O)N1c2ccccc2Sc2ccc(Cl)cc21. The van der Waals surface area contributed by atoms with E-state index in [1.54, 1.807) is 40.9 Å². The Morgan fingerprint density at radius 3 is 2.42 bits per heavy atom. The first-order chi connectivity index (χ1) is 12.6. The van der Waals surface area contributed by atoms with E-state index in [-0.39, 0.29) is 5.91 Å². The molecule has 0 atom stereocenters. The summed E-state index contributed by atoms with van der Waals surface area (Å²) in [5.74, 6) is 0.249. The van der Waals surface area contributed by atoms with E-state index in [1.807, 2.05) is 36.4 Å². The fourth-order valence-electron chi connectivity index (χ4n) is 2.91. The number of halogens is 2. The van der Waals surface area contributed by atoms with Crippen molar-refractivity contribution in [3.8, 4) is 5.75 Å². The number of amides is 1. The molecular formula is C20H13Cl2NO2S. The number of para-hydroxylation sites is 1. The zero-order valence-electron chi connectivity index (χ0n) is 13.7. The lowest BCUT2D eigenvalue weighted by Gasteiger charge is -2.31. The van der Waals surface area contributed by atoms with E-state index in [0.29, 0.717) is 21.4 Å². The zero-order chi connectivity index (χ0) is 18.3. The summed E-state index contributed by atoms with van der Waals surface area (Å²) >= 11 is 14.0. The molecule has 0 aromatic heterocycles. The van der Waals surface area contributed by atoms with E-state index in [9.17, 15) is 4.79 Å². The molecule has 0 radical (unpaired) electrons. The highest BCUT2D eigenvalue weighted by atomic mass is 35.5. The fourth-order valence-corrected chi connectivity index (χ4v) is 4.29. The molecule has 0 saturated heterocycles. The molecule has 26 heavy (non-hydrogen) atoms. The second-order valence-corrected chi connectivity index (χ2v) is 7.62. The van der Waals surface area contributed by atoms with Crippen LogP contribution in [0.5, 0.6) is 5.75 Å². The number of anilines is 2. The van der Waals surface area contributed by atoms with Gasteiger partial charge in [0.15, 0.2) is 0 Å². The highest BCUT2D eigenvalue weighted by Gasteiger charge is 2.30. The number of benzene rings is 3. The number of carbonyl (C=O) groups excluding carboxylic acids is 1. The van der Waals surface area contributed by atoms with Crippen LogP contribution in [0, 0.1) is 0 Å². The average molecular weight is 402 g/mol. The molecule has 0 fully saturated rings. The van der Waals surface area contributed by atoms with Crippen LogP contribution in [0.2, 0.25) is 10.0 Å². The van der Waals surface area contributed by atoms with Crippen LogP contribution in [-0.4, -0.2) is 13.0 Å². The summed E-state index contributed by atoms with van der Waals surface area (Å²) in [6, 6.07) is 18.3. The number of nitrogens with zero attached hydrogens (tertiary/aromatic N) is 1. The minimum Gasteiger partial charge on any atom is -0.496 e. The van der Waals surface area contributed by atoms with Gasteiger partial charge < -0.3 is 4.74 Å². The van der Waals surface area contributed by atoms with E-state index in [2.05, 4.69) is 0 Å². The second-order valence-electron chi connectivity index (χ2n) is 5.67. The van der Waals surface area contributed by atoms with Gasteiger partial charge in [0.2, 0.25) is 0 Å². The number of rotatable bonds is 2. The standard InChI is InChI=1S/C20H13Cl2NO2S/c1-25-17-8-6-12(21)10-14(17)20(24)23-15-4-2-3-5-18(15)26-19-9-7-13(22)11-16(19)23/h2-11H,1H3. The van der Waals surface area contributed by atoms with Gasteiger partial charge in [-0.15, -0.1) is 0 Å². The fraction of sp³-hybridized carbons (Fsp3) is 0.0500. The quantitative estimate of drug-likeness (QED) is 0.494. The maximum atomic E-state index is 13.5. The van der Waals surface area contributed by atoms with Crippen LogP contribution in [0.4, 0.5) is 11.4 Å². The van der Waals surface area contributed by atoms with Crippen LogP contribution in [0.3, 0.4) is 0 Å². The number of carbonyl (C=O) groups is 1. The predicted molar refractivity (Wildman–Crippen MR) is 106 cm³/mol. The summed E-state index contributed by atoms with van der Waals surface area (Å²) in [5.41, 5.74) is 1.94. The molecular weight excluding hydrogens is 389 g/mol. The Bertz CT molecular complexity index is 1020. The molecule has 0 bridgehead atoms. The number of fused-ring (bicyclic) bond motifs is 2. The zero-order valence-corrected chi connectivity index (χ0v) is 16.0. The molecule has 0 N–H and O–H groups in total. The number of methoxy groups -OCH3 is 1. The lowest BCUT2D eigenvalue weighted by atomic mass is 10.1. The topological polar surface area (TPSA) is 29.5 Å². The normalized spacial score (nSPS) is 12.3. The minimum atomic E-state index is -0.222. The molecule has 1 heterocycles. The summed E-state index contributed by atoms with van der Waals surface area (Å²) in [4.78, 5) is 17.1. The maximum absolute atomic E-state index is 13.5. The first kappa shape index (κ1) is 17.3. The van der Waals surface area contributed by atoms with Crippen LogP contribution in [0.15, 0.2) is 70.5 Å². The van der Waals surface area contributed by atoms with Crippen molar-refractivity contribution in [3.05, 3.63) is 76.3 Å². The largest absolute Gasteiger partial charge is 0.496 e. The third kappa shape index (κ3) is 2.94. The Morgan fingerprint density at radius 1 is 0.923 bits per heavy atom. The molecule has 1 amide bonds. The van der Waals surface area contributed by atoms with E-state index < -0.39 is 0 Å². The van der Waals surface area contributed by atoms with Crippen molar-refractivity contribution in [2.24, 2.45) is 0 Å². The average Bonchev–Trinajstić information content (AvgIpc) is 2.65. The summed E-state index contributed by atoms with van der Waals surface area (Å²) in [6.07, 6.45) is 0. The summed E-state index contributed by atoms with van der Waals surface area (Å²) in [5, 5.41) is 1.04. The third-order valence-corrected chi connectivity index (χ3v) is 5.68. The van der Waals surface area contributed by atoms with Gasteiger partial charge in [-0.05, 0) is 48.5 Å². The maximum Gasteiger partial charge on any atom is 0.266 e. The summed E-state index contributed by atoms with van der Waals surface area (Å²) in [7, 11) is 1.53. The van der Waals surface area contributed by atoms with Crippen molar-refractivity contribution in [1.29, 1.82) is 0 Å². The molecule has 0 unspecified atom stereocenters. The molecule has 0 spiro atoms. The predicted octanol–water partition coefficient (Wildman–Crippen LogP) is 6.45. The molecule has 130 valence electrons. The second kappa shape index (κ2) is 6.88. The van der Waals surface area contributed by atoms with Crippen molar-refractivity contribution >= 4 is 52.2 Å².